The number of para-hydroxylation sites is 2. The zero-order chi connectivity index (χ0) is 17.5. The molecule has 3 nitrogen and oxygen atoms in total. The van der Waals surface area contributed by atoms with Gasteiger partial charge >= 0.3 is 0 Å². The number of rotatable bonds is 2. The van der Waals surface area contributed by atoms with E-state index in [1.807, 2.05) is 24.3 Å². The Hall–Kier alpha value is -2.62. The number of furan rings is 1. The molecule has 24 heavy (non-hydrogen) atoms. The van der Waals surface area contributed by atoms with Crippen molar-refractivity contribution in [2.45, 2.75) is 33.1 Å². The Bertz CT molecular complexity index is 919. The minimum atomic E-state index is -0.468. The van der Waals surface area contributed by atoms with E-state index in [0.29, 0.717) is 10.9 Å². The second kappa shape index (κ2) is 5.78. The molecule has 4 heteroatoms. The largest absolute Gasteiger partial charge is 0.448 e. The van der Waals surface area contributed by atoms with Gasteiger partial charge in [-0.2, -0.15) is 0 Å². The highest BCUT2D eigenvalue weighted by atomic mass is 19.1. The Kier molecular flexibility index (Phi) is 3.91. The van der Waals surface area contributed by atoms with Gasteiger partial charge in [0.05, 0.1) is 0 Å². The molecule has 0 spiro atoms. The van der Waals surface area contributed by atoms with Gasteiger partial charge in [-0.25, -0.2) is 4.39 Å². The lowest BCUT2D eigenvalue weighted by Crippen LogP contribution is -2.18. The molecule has 0 fully saturated rings. The Morgan fingerprint density at radius 2 is 1.79 bits per heavy atom. The van der Waals surface area contributed by atoms with Crippen LogP contribution in [-0.2, 0) is 5.41 Å². The molecule has 1 amide bonds. The van der Waals surface area contributed by atoms with Crippen molar-refractivity contribution in [2.24, 2.45) is 0 Å². The van der Waals surface area contributed by atoms with Crippen molar-refractivity contribution in [1.82, 2.24) is 0 Å². The number of hydrogen-bond acceptors (Lipinski definition) is 2. The molecule has 0 aliphatic carbocycles. The van der Waals surface area contributed by atoms with Gasteiger partial charge in [-0.15, -0.1) is 0 Å². The van der Waals surface area contributed by atoms with E-state index in [9.17, 15) is 9.18 Å². The van der Waals surface area contributed by atoms with E-state index in [4.69, 9.17) is 4.42 Å². The summed E-state index contributed by atoms with van der Waals surface area (Å²) in [4.78, 5) is 12.7. The lowest BCUT2D eigenvalue weighted by Gasteiger charge is -2.22. The fraction of sp³-hybridized carbons (Fsp3) is 0.250. The van der Waals surface area contributed by atoms with Crippen molar-refractivity contribution < 1.29 is 13.6 Å². The quantitative estimate of drug-likeness (QED) is 0.682. The first-order chi connectivity index (χ1) is 11.3. The maximum atomic E-state index is 13.9. The highest BCUT2D eigenvalue weighted by Crippen LogP contribution is 2.31. The minimum Gasteiger partial charge on any atom is -0.448 e. The van der Waals surface area contributed by atoms with E-state index in [2.05, 4.69) is 26.1 Å². The summed E-state index contributed by atoms with van der Waals surface area (Å²) in [5.74, 6) is -0.705. The van der Waals surface area contributed by atoms with Crippen LogP contribution in [0.3, 0.4) is 0 Å². The van der Waals surface area contributed by atoms with Crippen LogP contribution in [0.25, 0.3) is 11.0 Å². The Morgan fingerprint density at radius 3 is 2.46 bits per heavy atom. The molecule has 0 atom stereocenters. The first-order valence-electron chi connectivity index (χ1n) is 7.87. The summed E-state index contributed by atoms with van der Waals surface area (Å²) in [7, 11) is 0. The summed E-state index contributed by atoms with van der Waals surface area (Å²) in [6.07, 6.45) is 0. The van der Waals surface area contributed by atoms with Crippen LogP contribution in [0.15, 0.2) is 46.9 Å². The normalized spacial score (nSPS) is 11.7. The number of amides is 1. The number of carbonyl (C=O) groups is 1. The van der Waals surface area contributed by atoms with Crippen LogP contribution in [0.4, 0.5) is 10.1 Å². The van der Waals surface area contributed by atoms with Gasteiger partial charge in [0.2, 0.25) is 0 Å². The summed E-state index contributed by atoms with van der Waals surface area (Å²) in [6, 6.07) is 12.3. The Morgan fingerprint density at radius 1 is 1.08 bits per heavy atom. The van der Waals surface area contributed by atoms with E-state index < -0.39 is 5.82 Å². The number of anilines is 1. The highest BCUT2D eigenvalue weighted by molar-refractivity contribution is 6.06. The van der Waals surface area contributed by atoms with Gasteiger partial charge in [0, 0.05) is 16.6 Å². The molecule has 0 aliphatic heterocycles. The number of hydrogen-bond donors (Lipinski definition) is 1. The average Bonchev–Trinajstić information content (AvgIpc) is 2.86. The van der Waals surface area contributed by atoms with Crippen LogP contribution >= 0.6 is 0 Å². The van der Waals surface area contributed by atoms with Crippen molar-refractivity contribution in [3.8, 4) is 0 Å². The van der Waals surface area contributed by atoms with Crippen LogP contribution in [0, 0.1) is 12.7 Å². The molecule has 0 saturated carbocycles. The number of halogens is 1. The second-order valence-corrected chi connectivity index (χ2v) is 6.92. The molecule has 0 aliphatic rings. The summed E-state index contributed by atoms with van der Waals surface area (Å²) in [5.41, 5.74) is 2.40. The molecule has 2 aromatic carbocycles. The lowest BCUT2D eigenvalue weighted by molar-refractivity contribution is 0.0997. The molecule has 0 radical (unpaired) electrons. The zero-order valence-electron chi connectivity index (χ0n) is 14.2. The molecule has 0 saturated heterocycles. The van der Waals surface area contributed by atoms with Crippen LogP contribution in [0.5, 0.6) is 0 Å². The summed E-state index contributed by atoms with van der Waals surface area (Å²) in [5, 5.41) is 3.51. The van der Waals surface area contributed by atoms with E-state index >= 15 is 0 Å². The van der Waals surface area contributed by atoms with Gasteiger partial charge in [-0.3, -0.25) is 4.79 Å². The first kappa shape index (κ1) is 16.2. The summed E-state index contributed by atoms with van der Waals surface area (Å²) < 4.78 is 19.4. The molecule has 0 bridgehead atoms. The Balaban J connectivity index is 2.00. The van der Waals surface area contributed by atoms with Gasteiger partial charge in [-0.1, -0.05) is 51.1 Å². The molecular weight excluding hydrogens is 305 g/mol. The highest BCUT2D eigenvalue weighted by Gasteiger charge is 2.22. The third-order valence-electron chi connectivity index (χ3n) is 4.11. The van der Waals surface area contributed by atoms with Crippen molar-refractivity contribution in [3.05, 3.63) is 65.2 Å². The lowest BCUT2D eigenvalue weighted by atomic mass is 9.86. The van der Waals surface area contributed by atoms with Gasteiger partial charge in [-0.05, 0) is 30.0 Å². The van der Waals surface area contributed by atoms with Gasteiger partial charge < -0.3 is 9.73 Å². The number of nitrogens with one attached hydrogen (secondary N) is 1. The maximum Gasteiger partial charge on any atom is 0.291 e. The Labute approximate surface area is 140 Å². The first-order valence-corrected chi connectivity index (χ1v) is 7.87. The van der Waals surface area contributed by atoms with Crippen molar-refractivity contribution in [3.63, 3.8) is 0 Å². The fourth-order valence-electron chi connectivity index (χ4n) is 2.85. The zero-order valence-corrected chi connectivity index (χ0v) is 14.2. The predicted octanol–water partition coefficient (Wildman–Crippen LogP) is 5.43. The van der Waals surface area contributed by atoms with Crippen LogP contribution < -0.4 is 5.32 Å². The van der Waals surface area contributed by atoms with Crippen LogP contribution in [0.2, 0.25) is 0 Å². The standard InChI is InChI=1S/C20H20FNO2/c1-12-13-8-7-10-15(21)18(13)24-17(12)19(23)22-16-11-6-5-9-14(16)20(2,3)4/h5-11H,1-4H3,(H,22,23). The van der Waals surface area contributed by atoms with E-state index in [0.717, 1.165) is 11.3 Å². The SMILES string of the molecule is Cc1c(C(=O)Nc2ccccc2C(C)(C)C)oc2c(F)cccc12. The number of aryl methyl sites for hydroxylation is 1. The number of fused-ring (bicyclic) bond motifs is 1. The smallest absolute Gasteiger partial charge is 0.291 e. The average molecular weight is 325 g/mol. The summed E-state index contributed by atoms with van der Waals surface area (Å²) in [6.45, 7) is 8.01. The van der Waals surface area contributed by atoms with Gasteiger partial charge in [0.1, 0.15) is 0 Å². The molecule has 0 unspecified atom stereocenters. The van der Waals surface area contributed by atoms with Gasteiger partial charge in [0.25, 0.3) is 5.91 Å². The van der Waals surface area contributed by atoms with E-state index in [-0.39, 0.29) is 22.7 Å². The third kappa shape index (κ3) is 2.80. The minimum absolute atomic E-state index is 0.112. The molecule has 1 aromatic heterocycles. The second-order valence-electron chi connectivity index (χ2n) is 6.92. The molecule has 3 aromatic rings. The van der Waals surface area contributed by atoms with Gasteiger partial charge in [0.15, 0.2) is 17.2 Å². The molecule has 1 N–H and O–H groups in total. The maximum absolute atomic E-state index is 13.9. The number of benzene rings is 2. The molecule has 3 rings (SSSR count). The number of carbonyl (C=O) groups excluding carboxylic acids is 1. The molecular formula is C20H20FNO2. The third-order valence-corrected chi connectivity index (χ3v) is 4.11. The molecule has 1 heterocycles. The van der Waals surface area contributed by atoms with Crippen LogP contribution in [-0.4, -0.2) is 5.91 Å². The van der Waals surface area contributed by atoms with Crippen molar-refractivity contribution >= 4 is 22.6 Å². The van der Waals surface area contributed by atoms with E-state index in [1.54, 1.807) is 19.1 Å². The molecule has 124 valence electrons. The topological polar surface area (TPSA) is 42.2 Å². The monoisotopic (exact) mass is 325 g/mol. The van der Waals surface area contributed by atoms with Crippen molar-refractivity contribution in [1.29, 1.82) is 0 Å². The van der Waals surface area contributed by atoms with Crippen molar-refractivity contribution in [2.75, 3.05) is 5.32 Å². The predicted molar refractivity (Wildman–Crippen MR) is 94.0 cm³/mol. The van der Waals surface area contributed by atoms with Crippen LogP contribution in [0.1, 0.15) is 42.5 Å². The fourth-order valence-corrected chi connectivity index (χ4v) is 2.85. The summed E-state index contributed by atoms with van der Waals surface area (Å²) >= 11 is 0. The van der Waals surface area contributed by atoms with E-state index in [1.165, 1.54) is 6.07 Å².